The maximum Gasteiger partial charge on any atom is 0.279 e. The third-order valence-electron chi connectivity index (χ3n) is 5.54. The number of aromatic nitrogens is 4. The van der Waals surface area contributed by atoms with Crippen LogP contribution in [0.25, 0.3) is 23.0 Å². The van der Waals surface area contributed by atoms with E-state index >= 15 is 0 Å². The maximum absolute atomic E-state index is 13.5. The van der Waals surface area contributed by atoms with Crippen LogP contribution in [0.2, 0.25) is 0 Å². The van der Waals surface area contributed by atoms with Crippen molar-refractivity contribution in [3.63, 3.8) is 0 Å². The summed E-state index contributed by atoms with van der Waals surface area (Å²) in [5.41, 5.74) is 3.07. The van der Waals surface area contributed by atoms with E-state index in [0.29, 0.717) is 49.8 Å². The molecule has 8 nitrogen and oxygen atoms in total. The van der Waals surface area contributed by atoms with E-state index in [9.17, 15) is 9.18 Å². The number of ether oxygens (including phenoxy) is 1. The number of benzene rings is 1. The van der Waals surface area contributed by atoms with Crippen LogP contribution in [0.5, 0.6) is 0 Å². The van der Waals surface area contributed by atoms with Crippen molar-refractivity contribution in [3.05, 3.63) is 41.3 Å². The molecule has 3 aromatic rings. The molecule has 0 N–H and O–H groups in total. The molecule has 0 spiro atoms. The van der Waals surface area contributed by atoms with E-state index in [1.807, 2.05) is 11.9 Å². The second-order valence-electron chi connectivity index (χ2n) is 7.40. The molecule has 0 bridgehead atoms. The molecule has 0 radical (unpaired) electrons. The first-order chi connectivity index (χ1) is 14.1. The number of fused-ring (bicyclic) bond motifs is 1. The van der Waals surface area contributed by atoms with E-state index in [4.69, 9.17) is 9.26 Å². The van der Waals surface area contributed by atoms with Crippen molar-refractivity contribution in [2.45, 2.75) is 19.4 Å². The molecule has 150 valence electrons. The maximum atomic E-state index is 13.5. The Bertz CT molecular complexity index is 1070. The average Bonchev–Trinajstić information content (AvgIpc) is 3.48. The second kappa shape index (κ2) is 7.07. The highest BCUT2D eigenvalue weighted by Gasteiger charge is 2.33. The van der Waals surface area contributed by atoms with Crippen molar-refractivity contribution < 1.29 is 18.4 Å². The van der Waals surface area contributed by atoms with Gasteiger partial charge < -0.3 is 14.2 Å². The molecule has 2 aliphatic heterocycles. The minimum Gasteiger partial charge on any atom is -0.381 e. The molecule has 1 fully saturated rings. The fraction of sp³-hybridized carbons (Fsp3) is 0.400. The predicted octanol–water partition coefficient (Wildman–Crippen LogP) is 2.20. The summed E-state index contributed by atoms with van der Waals surface area (Å²) in [5, 5.41) is 8.54. The Morgan fingerprint density at radius 2 is 2.24 bits per heavy atom. The van der Waals surface area contributed by atoms with Crippen LogP contribution in [0.3, 0.4) is 0 Å². The van der Waals surface area contributed by atoms with Gasteiger partial charge in [-0.25, -0.2) is 4.39 Å². The van der Waals surface area contributed by atoms with Gasteiger partial charge in [-0.05, 0) is 18.6 Å². The highest BCUT2D eigenvalue weighted by molar-refractivity contribution is 5.80. The second-order valence-corrected chi connectivity index (χ2v) is 7.40. The first kappa shape index (κ1) is 18.0. The largest absolute Gasteiger partial charge is 0.381 e. The lowest BCUT2D eigenvalue weighted by Crippen LogP contribution is -2.40. The quantitative estimate of drug-likeness (QED) is 0.674. The molecule has 1 atom stereocenters. The molecule has 0 unspecified atom stereocenters. The molecule has 1 saturated heterocycles. The van der Waals surface area contributed by atoms with Gasteiger partial charge >= 0.3 is 0 Å². The Balaban J connectivity index is 1.45. The van der Waals surface area contributed by atoms with E-state index in [1.54, 1.807) is 16.8 Å². The van der Waals surface area contributed by atoms with Gasteiger partial charge in [0.1, 0.15) is 5.82 Å². The fourth-order valence-electron chi connectivity index (χ4n) is 4.00. The lowest BCUT2D eigenvalue weighted by atomic mass is 10.0. The molecule has 9 heteroatoms. The normalized spacial score (nSPS) is 18.8. The number of halogens is 1. The van der Waals surface area contributed by atoms with Gasteiger partial charge in [0.2, 0.25) is 11.7 Å². The number of rotatable bonds is 3. The van der Waals surface area contributed by atoms with Crippen LogP contribution in [0.15, 0.2) is 28.8 Å². The minimum atomic E-state index is -0.367. The number of carbonyl (C=O) groups is 1. The van der Waals surface area contributed by atoms with Crippen LogP contribution in [-0.4, -0.2) is 50.5 Å². The van der Waals surface area contributed by atoms with Gasteiger partial charge in [0.05, 0.1) is 12.5 Å². The monoisotopic (exact) mass is 397 g/mol. The number of hydrogen-bond donors (Lipinski definition) is 0. The molecule has 1 amide bonds. The van der Waals surface area contributed by atoms with Gasteiger partial charge in [0.25, 0.3) is 5.89 Å². The Morgan fingerprint density at radius 1 is 1.34 bits per heavy atom. The predicted molar refractivity (Wildman–Crippen MR) is 99.9 cm³/mol. The molecular weight excluding hydrogens is 377 g/mol. The van der Waals surface area contributed by atoms with Gasteiger partial charge in [-0.1, -0.05) is 17.3 Å². The topological polar surface area (TPSA) is 86.3 Å². The van der Waals surface area contributed by atoms with Crippen LogP contribution < -0.4 is 0 Å². The average molecular weight is 397 g/mol. The lowest BCUT2D eigenvalue weighted by molar-refractivity contribution is -0.136. The van der Waals surface area contributed by atoms with E-state index in [-0.39, 0.29) is 23.5 Å². The van der Waals surface area contributed by atoms with Crippen molar-refractivity contribution >= 4 is 5.91 Å². The first-order valence-corrected chi connectivity index (χ1v) is 9.61. The van der Waals surface area contributed by atoms with E-state index < -0.39 is 0 Å². The smallest absolute Gasteiger partial charge is 0.279 e. The molecular formula is C20H20FN5O3. The Kier molecular flexibility index (Phi) is 4.39. The zero-order chi connectivity index (χ0) is 20.0. The van der Waals surface area contributed by atoms with E-state index in [1.165, 1.54) is 12.1 Å². The molecule has 5 rings (SSSR count). The van der Waals surface area contributed by atoms with Gasteiger partial charge in [0.15, 0.2) is 5.69 Å². The lowest BCUT2D eigenvalue weighted by Gasteiger charge is -2.29. The molecule has 2 aliphatic rings. The molecule has 0 aliphatic carbocycles. The van der Waals surface area contributed by atoms with Gasteiger partial charge in [-0.15, -0.1) is 0 Å². The summed E-state index contributed by atoms with van der Waals surface area (Å²) in [6.07, 6.45) is 1.48. The SMILES string of the molecule is Cn1nc(-c2nc(-c3cccc(F)c3)no2)c2c1CCN(C(=O)[C@H]1CCOC1)C2. The number of amides is 1. The zero-order valence-electron chi connectivity index (χ0n) is 16.0. The van der Waals surface area contributed by atoms with Crippen molar-refractivity contribution in [3.8, 4) is 23.0 Å². The van der Waals surface area contributed by atoms with Crippen molar-refractivity contribution in [2.75, 3.05) is 19.8 Å². The summed E-state index contributed by atoms with van der Waals surface area (Å²) >= 11 is 0. The van der Waals surface area contributed by atoms with Crippen LogP contribution in [-0.2, 0) is 29.5 Å². The third-order valence-corrected chi connectivity index (χ3v) is 5.54. The number of aryl methyl sites for hydroxylation is 1. The third kappa shape index (κ3) is 3.21. The van der Waals surface area contributed by atoms with Crippen molar-refractivity contribution in [1.29, 1.82) is 0 Å². The number of carbonyl (C=O) groups excluding carboxylic acids is 1. The van der Waals surface area contributed by atoms with E-state index in [2.05, 4.69) is 15.2 Å². The molecule has 1 aromatic carbocycles. The summed E-state index contributed by atoms with van der Waals surface area (Å²) in [5.74, 6) is 0.244. The number of hydrogen-bond acceptors (Lipinski definition) is 6. The fourth-order valence-corrected chi connectivity index (χ4v) is 4.00. The summed E-state index contributed by atoms with van der Waals surface area (Å²) in [4.78, 5) is 19.1. The molecule has 4 heterocycles. The highest BCUT2D eigenvalue weighted by atomic mass is 19.1. The van der Waals surface area contributed by atoms with E-state index in [0.717, 1.165) is 17.7 Å². The van der Waals surface area contributed by atoms with Gasteiger partial charge in [-0.3, -0.25) is 9.48 Å². The van der Waals surface area contributed by atoms with Crippen molar-refractivity contribution in [2.24, 2.45) is 13.0 Å². The van der Waals surface area contributed by atoms with Crippen LogP contribution in [0.4, 0.5) is 4.39 Å². The van der Waals surface area contributed by atoms with Crippen LogP contribution in [0.1, 0.15) is 17.7 Å². The summed E-state index contributed by atoms with van der Waals surface area (Å²) < 4.78 is 26.1. The minimum absolute atomic E-state index is 0.0698. The summed E-state index contributed by atoms with van der Waals surface area (Å²) in [6, 6.07) is 6.03. The summed E-state index contributed by atoms with van der Waals surface area (Å²) in [6.45, 7) is 2.23. The van der Waals surface area contributed by atoms with Crippen LogP contribution >= 0.6 is 0 Å². The van der Waals surface area contributed by atoms with Gasteiger partial charge in [-0.2, -0.15) is 10.1 Å². The highest BCUT2D eigenvalue weighted by Crippen LogP contribution is 2.31. The Hall–Kier alpha value is -3.07. The molecule has 0 saturated carbocycles. The zero-order valence-corrected chi connectivity index (χ0v) is 16.0. The number of nitrogens with zero attached hydrogens (tertiary/aromatic N) is 5. The molecule has 29 heavy (non-hydrogen) atoms. The van der Waals surface area contributed by atoms with Crippen LogP contribution in [0, 0.1) is 11.7 Å². The summed E-state index contributed by atoms with van der Waals surface area (Å²) in [7, 11) is 1.87. The Morgan fingerprint density at radius 3 is 3.03 bits per heavy atom. The first-order valence-electron chi connectivity index (χ1n) is 9.61. The Labute approximate surface area is 166 Å². The van der Waals surface area contributed by atoms with Gasteiger partial charge in [0, 0.05) is 50.0 Å². The molecule has 2 aromatic heterocycles. The van der Waals surface area contributed by atoms with Crippen molar-refractivity contribution in [1.82, 2.24) is 24.8 Å². The standard InChI is InChI=1S/C20H20FN5O3/c1-25-16-5-7-26(20(27)13-6-8-28-11-13)10-15(16)17(23-25)19-22-18(24-29-19)12-3-2-4-14(21)9-12/h2-4,9,13H,5-8,10-11H2,1H3/t13-/m0/s1.